The van der Waals surface area contributed by atoms with Crippen LogP contribution >= 0.6 is 7.60 Å². The Morgan fingerprint density at radius 1 is 1.00 bits per heavy atom. The van der Waals surface area contributed by atoms with Crippen LogP contribution in [0.5, 0.6) is 0 Å². The first kappa shape index (κ1) is 22.2. The van der Waals surface area contributed by atoms with Crippen molar-refractivity contribution in [2.24, 2.45) is 0 Å². The van der Waals surface area contributed by atoms with Gasteiger partial charge in [-0.25, -0.2) is 0 Å². The molecule has 0 radical (unpaired) electrons. The Kier molecular flexibility index (Phi) is 12.5. The molecule has 0 heterocycles. The third-order valence-electron chi connectivity index (χ3n) is 2.81. The van der Waals surface area contributed by atoms with Crippen LogP contribution in [0.1, 0.15) is 46.5 Å². The van der Waals surface area contributed by atoms with Crippen molar-refractivity contribution < 1.29 is 32.5 Å². The van der Waals surface area contributed by atoms with Crippen molar-refractivity contribution in [3.8, 4) is 0 Å². The van der Waals surface area contributed by atoms with E-state index in [1.54, 1.807) is 0 Å². The average Bonchev–Trinajstić information content (AvgIpc) is 2.23. The molecule has 0 fully saturated rings. The molecule has 0 aromatic carbocycles. The fraction of sp³-hybridized carbons (Fsp3) is 0.923. The molecule has 110 valence electrons. The van der Waals surface area contributed by atoms with Crippen LogP contribution in [0.25, 0.3) is 0 Å². The minimum Gasteiger partial charge on any atom is -0.331 e. The van der Waals surface area contributed by atoms with Gasteiger partial charge in [-0.1, -0.05) is 53.9 Å². The Hall–Kier alpha value is 0.964. The van der Waals surface area contributed by atoms with E-state index in [4.69, 9.17) is 9.05 Å². The summed E-state index contributed by atoms with van der Waals surface area (Å²) in [6.45, 7) is 13.5. The Morgan fingerprint density at radius 2 is 1.47 bits per heavy atom. The first-order valence-electron chi connectivity index (χ1n) is 7.07. The molecule has 0 aromatic heterocycles. The summed E-state index contributed by atoms with van der Waals surface area (Å²) < 4.78 is 23.9. The molecule has 0 N–H and O–H groups in total. The second-order valence-electron chi connectivity index (χ2n) is 5.49. The van der Waals surface area contributed by atoms with Gasteiger partial charge in [0.2, 0.25) is 0 Å². The summed E-state index contributed by atoms with van der Waals surface area (Å²) in [7, 11) is -4.66. The second kappa shape index (κ2) is 10.7. The minimum atomic E-state index is -3.01. The molecule has 0 aliphatic carbocycles. The number of hydrogen-bond acceptors (Lipinski definition) is 3. The normalized spacial score (nSPS) is 12.6. The van der Waals surface area contributed by atoms with Gasteiger partial charge in [0.1, 0.15) is 0 Å². The topological polar surface area (TPSA) is 35.5 Å². The third-order valence-corrected chi connectivity index (χ3v) is 9.71. The summed E-state index contributed by atoms with van der Waals surface area (Å²) in [5, 5.41) is 1.08. The molecule has 0 amide bonds. The molecule has 0 saturated heterocycles. The van der Waals surface area contributed by atoms with E-state index < -0.39 is 15.7 Å². The number of unbranched alkanes of at least 4 members (excludes halogenated alkanes) is 2. The van der Waals surface area contributed by atoms with Gasteiger partial charge in [0.05, 0.1) is 13.2 Å². The molecule has 19 heavy (non-hydrogen) atoms. The molecule has 0 rings (SSSR count). The summed E-state index contributed by atoms with van der Waals surface area (Å²) in [5.41, 5.74) is 0. The van der Waals surface area contributed by atoms with Crippen molar-refractivity contribution in [1.82, 2.24) is 0 Å². The molecule has 3 nitrogen and oxygen atoms in total. The zero-order valence-corrected chi connectivity index (χ0v) is 15.8. The Labute approximate surface area is 132 Å². The molecule has 0 aliphatic heterocycles. The van der Waals surface area contributed by atoms with Crippen molar-refractivity contribution >= 4 is 15.7 Å². The average molecular weight is 300 g/mol. The van der Waals surface area contributed by atoms with Crippen LogP contribution in [-0.4, -0.2) is 21.3 Å². The SMILES string of the molecule is CCCCC[C-]([Si](C)(C)C)P(=O)(OCC)OCC.[Li+]. The van der Waals surface area contributed by atoms with Crippen LogP contribution in [0.4, 0.5) is 0 Å². The van der Waals surface area contributed by atoms with Gasteiger partial charge in [-0.2, -0.15) is 11.7 Å². The second-order valence-corrected chi connectivity index (χ2v) is 13.1. The maximum atomic E-state index is 12.9. The summed E-state index contributed by atoms with van der Waals surface area (Å²) in [6.07, 6.45) is 4.32. The van der Waals surface area contributed by atoms with E-state index in [1.807, 2.05) is 13.8 Å². The van der Waals surface area contributed by atoms with E-state index in [0.717, 1.165) is 18.1 Å². The zero-order chi connectivity index (χ0) is 14.2. The summed E-state index contributed by atoms with van der Waals surface area (Å²) in [4.78, 5) is 0. The molecular formula is C13H30LiO3PSi. The van der Waals surface area contributed by atoms with E-state index in [-0.39, 0.29) is 18.9 Å². The van der Waals surface area contributed by atoms with E-state index in [1.165, 1.54) is 12.8 Å². The smallest absolute Gasteiger partial charge is 0.331 e. The Bertz CT molecular complexity index is 259. The van der Waals surface area contributed by atoms with Gasteiger partial charge in [-0.05, 0) is 13.8 Å². The van der Waals surface area contributed by atoms with Crippen LogP contribution in [0.15, 0.2) is 0 Å². The standard InChI is InChI=1S/C13H30O3PSi.Li/c1-7-10-11-12-13(18(4,5)6)17(14,15-8-2)16-9-3;/h7-12H2,1-6H3;/q-1;+1. The Balaban J connectivity index is 0. The van der Waals surface area contributed by atoms with Gasteiger partial charge in [0.25, 0.3) is 0 Å². The van der Waals surface area contributed by atoms with Crippen LogP contribution in [0.3, 0.4) is 0 Å². The van der Waals surface area contributed by atoms with Gasteiger partial charge >= 0.3 is 18.9 Å². The molecule has 0 unspecified atom stereocenters. The van der Waals surface area contributed by atoms with Crippen molar-refractivity contribution in [2.45, 2.75) is 66.1 Å². The fourth-order valence-electron chi connectivity index (χ4n) is 2.00. The van der Waals surface area contributed by atoms with Gasteiger partial charge in [-0.15, -0.1) is 0 Å². The van der Waals surface area contributed by atoms with Gasteiger partial charge in [-0.3, -0.25) is 4.57 Å². The van der Waals surface area contributed by atoms with Crippen LogP contribution in [0.2, 0.25) is 19.6 Å². The first-order valence-corrected chi connectivity index (χ1v) is 12.1. The van der Waals surface area contributed by atoms with E-state index in [9.17, 15) is 4.57 Å². The molecule has 0 aliphatic rings. The van der Waals surface area contributed by atoms with Crippen molar-refractivity contribution in [3.63, 3.8) is 0 Å². The maximum absolute atomic E-state index is 12.9. The maximum Gasteiger partial charge on any atom is 1.00 e. The van der Waals surface area contributed by atoms with Crippen molar-refractivity contribution in [2.75, 3.05) is 13.2 Å². The van der Waals surface area contributed by atoms with Crippen LogP contribution in [-0.2, 0) is 13.6 Å². The summed E-state index contributed by atoms with van der Waals surface area (Å²) >= 11 is 0. The summed E-state index contributed by atoms with van der Waals surface area (Å²) in [6, 6.07) is 0. The van der Waals surface area contributed by atoms with Crippen molar-refractivity contribution in [3.05, 3.63) is 5.28 Å². The third kappa shape index (κ3) is 8.10. The van der Waals surface area contributed by atoms with E-state index >= 15 is 0 Å². The number of rotatable bonds is 10. The minimum absolute atomic E-state index is 0. The molecular weight excluding hydrogens is 270 g/mol. The van der Waals surface area contributed by atoms with E-state index in [0.29, 0.717) is 13.2 Å². The van der Waals surface area contributed by atoms with Crippen molar-refractivity contribution in [1.29, 1.82) is 0 Å². The van der Waals surface area contributed by atoms with E-state index in [2.05, 4.69) is 26.6 Å². The largest absolute Gasteiger partial charge is 1.00 e. The fourth-order valence-corrected chi connectivity index (χ4v) is 8.10. The van der Waals surface area contributed by atoms with Gasteiger partial charge in [0.15, 0.2) is 7.60 Å². The molecule has 0 aromatic rings. The van der Waals surface area contributed by atoms with Gasteiger partial charge in [0, 0.05) is 0 Å². The number of hydrogen-bond donors (Lipinski definition) is 0. The molecule has 6 heteroatoms. The zero-order valence-electron chi connectivity index (χ0n) is 13.9. The predicted molar refractivity (Wildman–Crippen MR) is 81.6 cm³/mol. The monoisotopic (exact) mass is 300 g/mol. The molecule has 0 saturated carbocycles. The van der Waals surface area contributed by atoms with Gasteiger partial charge < -0.3 is 9.05 Å². The summed E-state index contributed by atoms with van der Waals surface area (Å²) in [5.74, 6) is 0. The van der Waals surface area contributed by atoms with Crippen LogP contribution in [0, 0.1) is 5.28 Å². The first-order chi connectivity index (χ1) is 8.31. The predicted octanol–water partition coefficient (Wildman–Crippen LogP) is 2.25. The Morgan fingerprint density at radius 3 is 1.79 bits per heavy atom. The molecule has 0 spiro atoms. The quantitative estimate of drug-likeness (QED) is 0.269. The van der Waals surface area contributed by atoms with Crippen LogP contribution < -0.4 is 18.9 Å². The molecule has 0 bridgehead atoms. The molecule has 0 atom stereocenters.